The number of hydrogen-bond acceptors (Lipinski definition) is 5. The van der Waals surface area contributed by atoms with E-state index in [1.54, 1.807) is 0 Å². The van der Waals surface area contributed by atoms with Gasteiger partial charge in [-0.1, -0.05) is 0 Å². The number of carboxylic acid groups (broad SMARTS) is 1. The first kappa shape index (κ1) is 11.1. The monoisotopic (exact) mass is 233 g/mol. The second kappa shape index (κ2) is 4.65. The van der Waals surface area contributed by atoms with E-state index in [0.29, 0.717) is 12.4 Å². The first-order valence-electron chi connectivity index (χ1n) is 4.99. The number of aryl methyl sites for hydroxylation is 1. The minimum atomic E-state index is -1.10. The molecule has 6 nitrogen and oxygen atoms in total. The minimum Gasteiger partial charge on any atom is -0.476 e. The molecule has 17 heavy (non-hydrogen) atoms. The van der Waals surface area contributed by atoms with Gasteiger partial charge in [0, 0.05) is 0 Å². The summed E-state index contributed by atoms with van der Waals surface area (Å²) in [6.07, 6.45) is 2.66. The van der Waals surface area contributed by atoms with Crippen molar-refractivity contribution < 1.29 is 14.3 Å². The maximum absolute atomic E-state index is 10.7. The highest BCUT2D eigenvalue weighted by molar-refractivity contribution is 5.85. The highest BCUT2D eigenvalue weighted by atomic mass is 16.4. The Morgan fingerprint density at radius 3 is 2.94 bits per heavy atom. The topological polar surface area (TPSA) is 88.2 Å². The van der Waals surface area contributed by atoms with Gasteiger partial charge in [0.1, 0.15) is 17.3 Å². The van der Waals surface area contributed by atoms with Crippen molar-refractivity contribution in [2.45, 2.75) is 13.5 Å². The number of nitrogens with one attached hydrogen (secondary N) is 1. The van der Waals surface area contributed by atoms with Gasteiger partial charge in [-0.25, -0.2) is 9.78 Å². The summed E-state index contributed by atoms with van der Waals surface area (Å²) < 4.78 is 5.36. The zero-order valence-corrected chi connectivity index (χ0v) is 9.17. The Bertz CT molecular complexity index is 536. The van der Waals surface area contributed by atoms with E-state index in [9.17, 15) is 4.79 Å². The molecule has 2 aromatic heterocycles. The molecule has 0 unspecified atom stereocenters. The first-order chi connectivity index (χ1) is 8.15. The van der Waals surface area contributed by atoms with Gasteiger partial charge in [0.2, 0.25) is 0 Å². The number of nitrogens with zero attached hydrogens (tertiary/aromatic N) is 2. The summed E-state index contributed by atoms with van der Waals surface area (Å²) in [5, 5.41) is 11.7. The van der Waals surface area contributed by atoms with E-state index in [-0.39, 0.29) is 5.69 Å². The fraction of sp³-hybridized carbons (Fsp3) is 0.182. The fourth-order valence-corrected chi connectivity index (χ4v) is 1.31. The van der Waals surface area contributed by atoms with Crippen molar-refractivity contribution in [2.75, 3.05) is 5.32 Å². The molecular formula is C11H11N3O3. The number of carboxylic acids is 1. The van der Waals surface area contributed by atoms with Gasteiger partial charge in [0.25, 0.3) is 0 Å². The van der Waals surface area contributed by atoms with Crippen molar-refractivity contribution in [2.24, 2.45) is 0 Å². The van der Waals surface area contributed by atoms with Crippen LogP contribution in [0.1, 0.15) is 22.0 Å². The average Bonchev–Trinajstić information content (AvgIpc) is 2.73. The summed E-state index contributed by atoms with van der Waals surface area (Å²) in [6.45, 7) is 2.29. The molecule has 0 aromatic carbocycles. The zero-order valence-electron chi connectivity index (χ0n) is 9.17. The molecule has 0 saturated carbocycles. The maximum Gasteiger partial charge on any atom is 0.356 e. The van der Waals surface area contributed by atoms with Crippen LogP contribution in [0.4, 0.5) is 5.82 Å². The lowest BCUT2D eigenvalue weighted by atomic mass is 10.4. The molecule has 0 amide bonds. The van der Waals surface area contributed by atoms with Crippen LogP contribution < -0.4 is 5.32 Å². The van der Waals surface area contributed by atoms with Crippen LogP contribution in [0.25, 0.3) is 0 Å². The van der Waals surface area contributed by atoms with E-state index < -0.39 is 5.97 Å². The van der Waals surface area contributed by atoms with Crippen molar-refractivity contribution in [3.63, 3.8) is 0 Å². The van der Waals surface area contributed by atoms with Gasteiger partial charge in [-0.05, 0) is 19.1 Å². The number of aromatic nitrogens is 2. The second-order valence-electron chi connectivity index (χ2n) is 3.46. The number of furan rings is 1. The molecule has 0 saturated heterocycles. The van der Waals surface area contributed by atoms with Crippen LogP contribution in [-0.2, 0) is 6.54 Å². The number of hydrogen-bond donors (Lipinski definition) is 2. The fourth-order valence-electron chi connectivity index (χ4n) is 1.31. The minimum absolute atomic E-state index is 0.0920. The van der Waals surface area contributed by atoms with E-state index in [0.717, 1.165) is 11.5 Å². The van der Waals surface area contributed by atoms with E-state index in [2.05, 4.69) is 15.3 Å². The number of carbonyl (C=O) groups is 1. The Hall–Kier alpha value is -2.37. The number of rotatable bonds is 4. The third kappa shape index (κ3) is 2.81. The molecule has 0 aliphatic heterocycles. The largest absolute Gasteiger partial charge is 0.476 e. The molecule has 6 heteroatoms. The normalized spacial score (nSPS) is 10.2. The van der Waals surface area contributed by atoms with Crippen LogP contribution in [0, 0.1) is 6.92 Å². The van der Waals surface area contributed by atoms with Crippen molar-refractivity contribution in [3.05, 3.63) is 41.7 Å². The predicted octanol–water partition coefficient (Wildman–Crippen LogP) is 1.69. The molecule has 0 spiro atoms. The first-order valence-corrected chi connectivity index (χ1v) is 4.99. The summed E-state index contributed by atoms with van der Waals surface area (Å²) in [7, 11) is 0. The summed E-state index contributed by atoms with van der Waals surface area (Å²) in [6, 6.07) is 3.70. The Morgan fingerprint density at radius 2 is 2.29 bits per heavy atom. The summed E-state index contributed by atoms with van der Waals surface area (Å²) in [5.41, 5.74) is -0.0920. The quantitative estimate of drug-likeness (QED) is 0.835. The lowest BCUT2D eigenvalue weighted by Gasteiger charge is -2.03. The highest BCUT2D eigenvalue weighted by Gasteiger charge is 2.06. The van der Waals surface area contributed by atoms with Gasteiger partial charge in [-0.3, -0.25) is 4.98 Å². The van der Waals surface area contributed by atoms with Gasteiger partial charge in [-0.15, -0.1) is 0 Å². The van der Waals surface area contributed by atoms with Crippen molar-refractivity contribution in [3.8, 4) is 0 Å². The molecule has 2 aromatic rings. The molecule has 0 radical (unpaired) electrons. The Labute approximate surface area is 97.3 Å². The SMILES string of the molecule is Cc1ccc(CNc2cncc(C(=O)O)n2)o1. The molecule has 0 bridgehead atoms. The van der Waals surface area contributed by atoms with Gasteiger partial charge in [-0.2, -0.15) is 0 Å². The summed E-state index contributed by atoms with van der Waals surface area (Å²) in [5.74, 6) is 0.881. The Balaban J connectivity index is 2.04. The maximum atomic E-state index is 10.7. The van der Waals surface area contributed by atoms with E-state index >= 15 is 0 Å². The third-order valence-corrected chi connectivity index (χ3v) is 2.09. The van der Waals surface area contributed by atoms with Crippen LogP contribution in [0.3, 0.4) is 0 Å². The highest BCUT2D eigenvalue weighted by Crippen LogP contribution is 2.09. The molecule has 0 aliphatic rings. The molecule has 0 atom stereocenters. The lowest BCUT2D eigenvalue weighted by molar-refractivity contribution is 0.0690. The van der Waals surface area contributed by atoms with Crippen LogP contribution in [0.5, 0.6) is 0 Å². The van der Waals surface area contributed by atoms with Gasteiger partial charge >= 0.3 is 5.97 Å². The predicted molar refractivity (Wildman–Crippen MR) is 59.8 cm³/mol. The van der Waals surface area contributed by atoms with Crippen LogP contribution >= 0.6 is 0 Å². The lowest BCUT2D eigenvalue weighted by Crippen LogP contribution is -2.06. The standard InChI is InChI=1S/C11H11N3O3/c1-7-2-3-8(17-7)4-13-10-6-12-5-9(14-10)11(15)16/h2-3,5-6H,4H2,1H3,(H,13,14)(H,15,16). The molecule has 2 heterocycles. The van der Waals surface area contributed by atoms with Crippen LogP contribution in [-0.4, -0.2) is 21.0 Å². The van der Waals surface area contributed by atoms with Gasteiger partial charge in [0.15, 0.2) is 5.69 Å². The molecule has 0 fully saturated rings. The van der Waals surface area contributed by atoms with Crippen molar-refractivity contribution in [1.29, 1.82) is 0 Å². The smallest absolute Gasteiger partial charge is 0.356 e. The van der Waals surface area contributed by atoms with E-state index in [4.69, 9.17) is 9.52 Å². The number of anilines is 1. The van der Waals surface area contributed by atoms with E-state index in [1.165, 1.54) is 12.4 Å². The van der Waals surface area contributed by atoms with Crippen LogP contribution in [0.2, 0.25) is 0 Å². The molecular weight excluding hydrogens is 222 g/mol. The zero-order chi connectivity index (χ0) is 12.3. The van der Waals surface area contributed by atoms with Crippen molar-refractivity contribution >= 4 is 11.8 Å². The summed E-state index contributed by atoms with van der Waals surface area (Å²) >= 11 is 0. The molecule has 88 valence electrons. The van der Waals surface area contributed by atoms with Crippen molar-refractivity contribution in [1.82, 2.24) is 9.97 Å². The van der Waals surface area contributed by atoms with E-state index in [1.807, 2.05) is 19.1 Å². The van der Waals surface area contributed by atoms with Gasteiger partial charge in [0.05, 0.1) is 18.9 Å². The third-order valence-electron chi connectivity index (χ3n) is 2.09. The van der Waals surface area contributed by atoms with Gasteiger partial charge < -0.3 is 14.8 Å². The van der Waals surface area contributed by atoms with Crippen LogP contribution in [0.15, 0.2) is 28.9 Å². The average molecular weight is 233 g/mol. The molecule has 2 rings (SSSR count). The second-order valence-corrected chi connectivity index (χ2v) is 3.46. The molecule has 0 aliphatic carbocycles. The Kier molecular flexibility index (Phi) is 3.04. The summed E-state index contributed by atoms with van der Waals surface area (Å²) in [4.78, 5) is 18.3. The Morgan fingerprint density at radius 1 is 1.47 bits per heavy atom. The molecule has 2 N–H and O–H groups in total. The number of aromatic carboxylic acids is 1.